The van der Waals surface area contributed by atoms with Crippen molar-refractivity contribution in [3.63, 3.8) is 0 Å². The standard InChI is InChI=1S/C27H26F3N5O2S/c1-16-12-17(6-9-20(16)26(37)33-19-7-8-19)22-14-32-25-21(31-11-10-27(28,29)30)13-24(34-35(22)25)38-23-5-3-2-4-18(23)15-36/h2-6,9,12-14,19,31,36H,7-8,10-11,15H2,1H3,(H,33,37). The van der Waals surface area contributed by atoms with Crippen LogP contribution in [0, 0.1) is 6.92 Å². The Morgan fingerprint density at radius 2 is 1.97 bits per heavy atom. The maximum atomic E-state index is 12.8. The average Bonchev–Trinajstić information content (AvgIpc) is 3.58. The summed E-state index contributed by atoms with van der Waals surface area (Å²) in [5, 5.41) is 20.8. The summed E-state index contributed by atoms with van der Waals surface area (Å²) in [6.45, 7) is 1.39. The lowest BCUT2D eigenvalue weighted by Gasteiger charge is -2.13. The van der Waals surface area contributed by atoms with Gasteiger partial charge in [0.15, 0.2) is 5.65 Å². The quantitative estimate of drug-likeness (QED) is 0.255. The van der Waals surface area contributed by atoms with Crippen molar-refractivity contribution in [1.29, 1.82) is 0 Å². The van der Waals surface area contributed by atoms with E-state index in [1.165, 1.54) is 11.8 Å². The molecule has 2 heterocycles. The molecule has 38 heavy (non-hydrogen) atoms. The number of amides is 1. The Morgan fingerprint density at radius 3 is 2.68 bits per heavy atom. The van der Waals surface area contributed by atoms with Crippen molar-refractivity contribution in [2.75, 3.05) is 11.9 Å². The Bertz CT molecular complexity index is 1480. The number of nitrogens with one attached hydrogen (secondary N) is 2. The van der Waals surface area contributed by atoms with Crippen LogP contribution in [0.1, 0.15) is 40.7 Å². The van der Waals surface area contributed by atoms with E-state index < -0.39 is 12.6 Å². The maximum Gasteiger partial charge on any atom is 0.390 e. The van der Waals surface area contributed by atoms with E-state index in [2.05, 4.69) is 15.6 Å². The zero-order chi connectivity index (χ0) is 26.9. The van der Waals surface area contributed by atoms with Crippen molar-refractivity contribution >= 4 is 29.0 Å². The lowest BCUT2D eigenvalue weighted by atomic mass is 10.0. The minimum Gasteiger partial charge on any atom is -0.392 e. The number of anilines is 1. The second kappa shape index (κ2) is 10.7. The van der Waals surface area contributed by atoms with Crippen LogP contribution in [0.5, 0.6) is 0 Å². The van der Waals surface area contributed by atoms with Crippen LogP contribution in [0.4, 0.5) is 18.9 Å². The number of fused-ring (bicyclic) bond motifs is 1. The molecule has 2 aromatic carbocycles. The highest BCUT2D eigenvalue weighted by Gasteiger charge is 2.27. The number of halogens is 3. The third-order valence-corrected chi connectivity index (χ3v) is 7.23. The second-order valence-electron chi connectivity index (χ2n) is 9.21. The molecular formula is C27H26F3N5O2S. The van der Waals surface area contributed by atoms with Gasteiger partial charge in [-0.15, -0.1) is 0 Å². The van der Waals surface area contributed by atoms with E-state index in [-0.39, 0.29) is 25.1 Å². The van der Waals surface area contributed by atoms with Gasteiger partial charge in [-0.05, 0) is 55.2 Å². The number of carbonyl (C=O) groups excluding carboxylic acids is 1. The van der Waals surface area contributed by atoms with Gasteiger partial charge in [-0.1, -0.05) is 36.0 Å². The summed E-state index contributed by atoms with van der Waals surface area (Å²) < 4.78 is 40.1. The molecule has 1 aliphatic carbocycles. The molecule has 0 aliphatic heterocycles. The maximum absolute atomic E-state index is 12.8. The van der Waals surface area contributed by atoms with Crippen molar-refractivity contribution in [3.05, 3.63) is 71.4 Å². The number of aliphatic hydroxyl groups excluding tert-OH is 1. The summed E-state index contributed by atoms with van der Waals surface area (Å²) >= 11 is 1.30. The summed E-state index contributed by atoms with van der Waals surface area (Å²) in [5.41, 5.74) is 4.30. The lowest BCUT2D eigenvalue weighted by Crippen LogP contribution is -2.26. The first-order chi connectivity index (χ1) is 18.2. The molecule has 4 aromatic rings. The minimum absolute atomic E-state index is 0.106. The van der Waals surface area contributed by atoms with Gasteiger partial charge in [-0.25, -0.2) is 9.50 Å². The van der Waals surface area contributed by atoms with Gasteiger partial charge in [-0.2, -0.15) is 18.3 Å². The molecular weight excluding hydrogens is 515 g/mol. The van der Waals surface area contributed by atoms with Gasteiger partial charge in [0.1, 0.15) is 5.03 Å². The fraction of sp³-hybridized carbons (Fsp3) is 0.296. The predicted octanol–water partition coefficient (Wildman–Crippen LogP) is 5.60. The number of rotatable bonds is 9. The second-order valence-corrected chi connectivity index (χ2v) is 10.3. The first-order valence-electron chi connectivity index (χ1n) is 12.2. The third-order valence-electron chi connectivity index (χ3n) is 6.21. The summed E-state index contributed by atoms with van der Waals surface area (Å²) in [5.74, 6) is -0.106. The summed E-state index contributed by atoms with van der Waals surface area (Å²) in [6, 6.07) is 14.7. The van der Waals surface area contributed by atoms with Gasteiger partial charge in [-0.3, -0.25) is 4.79 Å². The number of alkyl halides is 3. The van der Waals surface area contributed by atoms with Crippen molar-refractivity contribution in [2.45, 2.75) is 54.9 Å². The molecule has 0 atom stereocenters. The van der Waals surface area contributed by atoms with Gasteiger partial charge in [0.2, 0.25) is 0 Å². The fourth-order valence-corrected chi connectivity index (χ4v) is 5.01. The first-order valence-corrected chi connectivity index (χ1v) is 13.0. The molecule has 3 N–H and O–H groups in total. The number of carbonyl (C=O) groups is 1. The molecule has 7 nitrogen and oxygen atoms in total. The van der Waals surface area contributed by atoms with Crippen molar-refractivity contribution < 1.29 is 23.1 Å². The molecule has 11 heteroatoms. The van der Waals surface area contributed by atoms with Gasteiger partial charge < -0.3 is 15.7 Å². The van der Waals surface area contributed by atoms with E-state index in [0.29, 0.717) is 33.2 Å². The van der Waals surface area contributed by atoms with Crippen LogP contribution in [-0.4, -0.2) is 44.4 Å². The molecule has 0 unspecified atom stereocenters. The fourth-order valence-electron chi connectivity index (χ4n) is 4.08. The molecule has 5 rings (SSSR count). The van der Waals surface area contributed by atoms with Crippen molar-refractivity contribution in [2.24, 2.45) is 0 Å². The zero-order valence-corrected chi connectivity index (χ0v) is 21.4. The summed E-state index contributed by atoms with van der Waals surface area (Å²) in [4.78, 5) is 17.8. The van der Waals surface area contributed by atoms with Crippen LogP contribution in [0.25, 0.3) is 16.9 Å². The van der Waals surface area contributed by atoms with E-state index in [9.17, 15) is 23.1 Å². The van der Waals surface area contributed by atoms with E-state index in [0.717, 1.165) is 28.9 Å². The third kappa shape index (κ3) is 5.94. The van der Waals surface area contributed by atoms with Crippen LogP contribution in [-0.2, 0) is 6.61 Å². The molecule has 0 radical (unpaired) electrons. The van der Waals surface area contributed by atoms with E-state index in [4.69, 9.17) is 5.10 Å². The molecule has 0 spiro atoms. The van der Waals surface area contributed by atoms with Gasteiger partial charge >= 0.3 is 6.18 Å². The number of aliphatic hydroxyl groups is 1. The number of aryl methyl sites for hydroxylation is 1. The number of hydrogen-bond acceptors (Lipinski definition) is 6. The van der Waals surface area contributed by atoms with Crippen LogP contribution < -0.4 is 10.6 Å². The normalized spacial score (nSPS) is 13.6. The highest BCUT2D eigenvalue weighted by Crippen LogP contribution is 2.34. The van der Waals surface area contributed by atoms with Crippen LogP contribution in [0.2, 0.25) is 0 Å². The number of nitrogens with zero attached hydrogens (tertiary/aromatic N) is 3. The number of benzene rings is 2. The van der Waals surface area contributed by atoms with E-state index in [1.807, 2.05) is 37.3 Å². The van der Waals surface area contributed by atoms with Gasteiger partial charge in [0, 0.05) is 28.6 Å². The molecule has 1 fully saturated rings. The smallest absolute Gasteiger partial charge is 0.390 e. The monoisotopic (exact) mass is 541 g/mol. The molecule has 0 bridgehead atoms. The van der Waals surface area contributed by atoms with E-state index in [1.54, 1.807) is 28.9 Å². The molecule has 1 aliphatic rings. The Hall–Kier alpha value is -3.57. The average molecular weight is 542 g/mol. The highest BCUT2D eigenvalue weighted by molar-refractivity contribution is 7.99. The highest BCUT2D eigenvalue weighted by atomic mass is 32.2. The van der Waals surface area contributed by atoms with Gasteiger partial charge in [0.05, 0.1) is 30.6 Å². The van der Waals surface area contributed by atoms with Crippen LogP contribution in [0.15, 0.2) is 64.6 Å². The number of hydrogen-bond donors (Lipinski definition) is 3. The topological polar surface area (TPSA) is 91.6 Å². The van der Waals surface area contributed by atoms with E-state index >= 15 is 0 Å². The van der Waals surface area contributed by atoms with Crippen LogP contribution >= 0.6 is 11.8 Å². The van der Waals surface area contributed by atoms with Crippen molar-refractivity contribution in [3.8, 4) is 11.3 Å². The lowest BCUT2D eigenvalue weighted by molar-refractivity contribution is -0.131. The minimum atomic E-state index is -4.29. The van der Waals surface area contributed by atoms with Crippen LogP contribution in [0.3, 0.4) is 0 Å². The first kappa shape index (κ1) is 26.1. The zero-order valence-electron chi connectivity index (χ0n) is 20.5. The Kier molecular flexibility index (Phi) is 7.31. The molecule has 1 amide bonds. The predicted molar refractivity (Wildman–Crippen MR) is 139 cm³/mol. The van der Waals surface area contributed by atoms with Crippen molar-refractivity contribution in [1.82, 2.24) is 19.9 Å². The summed E-state index contributed by atoms with van der Waals surface area (Å²) in [6.07, 6.45) is -1.67. The number of imidazole rings is 1. The molecule has 1 saturated carbocycles. The molecule has 2 aromatic heterocycles. The number of aromatic nitrogens is 3. The molecule has 198 valence electrons. The summed E-state index contributed by atoms with van der Waals surface area (Å²) in [7, 11) is 0. The van der Waals surface area contributed by atoms with Gasteiger partial charge in [0.25, 0.3) is 5.91 Å². The SMILES string of the molecule is Cc1cc(-c2cnc3c(NCCC(F)(F)F)cc(Sc4ccccc4CO)nn23)ccc1C(=O)NC1CC1. The Labute approximate surface area is 221 Å². The Balaban J connectivity index is 1.52. The molecule has 0 saturated heterocycles. The Morgan fingerprint density at radius 1 is 1.18 bits per heavy atom. The largest absolute Gasteiger partial charge is 0.392 e.